The maximum atomic E-state index is 13.7. The van der Waals surface area contributed by atoms with Crippen molar-refractivity contribution >= 4 is 22.4 Å². The number of rotatable bonds is 4. The monoisotopic (exact) mass is 264 g/mol. The SMILES string of the molecule is CC(C)CCC(Cl)c1ccc(F)c2ccccc12. The third-order valence-corrected chi connectivity index (χ3v) is 3.69. The van der Waals surface area contributed by atoms with Gasteiger partial charge < -0.3 is 0 Å². The molecular weight excluding hydrogens is 247 g/mol. The zero-order valence-corrected chi connectivity index (χ0v) is 11.5. The average Bonchev–Trinajstić information content (AvgIpc) is 2.37. The first-order valence-corrected chi connectivity index (χ1v) is 6.84. The first-order chi connectivity index (χ1) is 8.59. The molecular formula is C16H18ClF. The minimum absolute atomic E-state index is 0.0436. The van der Waals surface area contributed by atoms with Gasteiger partial charge in [0.25, 0.3) is 0 Å². The van der Waals surface area contributed by atoms with Gasteiger partial charge in [-0.05, 0) is 35.8 Å². The number of hydrogen-bond acceptors (Lipinski definition) is 0. The minimum atomic E-state index is -0.179. The van der Waals surface area contributed by atoms with Crippen molar-refractivity contribution < 1.29 is 4.39 Å². The minimum Gasteiger partial charge on any atom is -0.206 e. The van der Waals surface area contributed by atoms with E-state index < -0.39 is 0 Å². The highest BCUT2D eigenvalue weighted by Crippen LogP contribution is 2.33. The van der Waals surface area contributed by atoms with E-state index >= 15 is 0 Å². The quantitative estimate of drug-likeness (QED) is 0.622. The molecule has 0 N–H and O–H groups in total. The molecule has 0 aliphatic heterocycles. The molecule has 0 amide bonds. The van der Waals surface area contributed by atoms with E-state index in [1.165, 1.54) is 6.07 Å². The van der Waals surface area contributed by atoms with Crippen LogP contribution in [0.2, 0.25) is 0 Å². The Kier molecular flexibility index (Phi) is 4.23. The molecule has 0 aliphatic rings. The number of fused-ring (bicyclic) bond motifs is 1. The molecule has 0 aliphatic carbocycles. The van der Waals surface area contributed by atoms with Crippen LogP contribution in [0, 0.1) is 11.7 Å². The Bertz CT molecular complexity index is 534. The first kappa shape index (κ1) is 13.4. The largest absolute Gasteiger partial charge is 0.206 e. The molecule has 0 fully saturated rings. The van der Waals surface area contributed by atoms with Crippen molar-refractivity contribution in [2.45, 2.75) is 32.1 Å². The van der Waals surface area contributed by atoms with Gasteiger partial charge in [-0.15, -0.1) is 11.6 Å². The summed E-state index contributed by atoms with van der Waals surface area (Å²) >= 11 is 6.46. The van der Waals surface area contributed by atoms with E-state index in [1.54, 1.807) is 6.07 Å². The smallest absolute Gasteiger partial charge is 0.131 e. The van der Waals surface area contributed by atoms with Gasteiger partial charge in [-0.1, -0.05) is 44.2 Å². The lowest BCUT2D eigenvalue weighted by Crippen LogP contribution is -1.96. The van der Waals surface area contributed by atoms with Gasteiger partial charge in [0.15, 0.2) is 0 Å². The van der Waals surface area contributed by atoms with Gasteiger partial charge in [-0.2, -0.15) is 0 Å². The average molecular weight is 265 g/mol. The van der Waals surface area contributed by atoms with E-state index in [0.29, 0.717) is 11.3 Å². The highest BCUT2D eigenvalue weighted by molar-refractivity contribution is 6.21. The third-order valence-electron chi connectivity index (χ3n) is 3.24. The highest BCUT2D eigenvalue weighted by atomic mass is 35.5. The summed E-state index contributed by atoms with van der Waals surface area (Å²) in [7, 11) is 0. The summed E-state index contributed by atoms with van der Waals surface area (Å²) < 4.78 is 13.7. The van der Waals surface area contributed by atoms with Crippen LogP contribution in [0.5, 0.6) is 0 Å². The van der Waals surface area contributed by atoms with Gasteiger partial charge in [-0.25, -0.2) is 4.39 Å². The number of hydrogen-bond donors (Lipinski definition) is 0. The summed E-state index contributed by atoms with van der Waals surface area (Å²) in [5.41, 5.74) is 1.04. The fourth-order valence-corrected chi connectivity index (χ4v) is 2.51. The van der Waals surface area contributed by atoms with Crippen molar-refractivity contribution in [3.05, 3.63) is 47.8 Å². The van der Waals surface area contributed by atoms with Crippen LogP contribution >= 0.6 is 11.6 Å². The standard InChI is InChI=1S/C16H18ClF/c1-11(2)7-9-15(17)13-8-10-16(18)14-6-4-3-5-12(13)14/h3-6,8,10-11,15H,7,9H2,1-2H3. The Morgan fingerprint density at radius 3 is 2.33 bits per heavy atom. The molecule has 2 aromatic carbocycles. The van der Waals surface area contributed by atoms with Crippen molar-refractivity contribution in [1.29, 1.82) is 0 Å². The lowest BCUT2D eigenvalue weighted by atomic mass is 9.97. The zero-order valence-electron chi connectivity index (χ0n) is 10.8. The van der Waals surface area contributed by atoms with Crippen LogP contribution in [0.15, 0.2) is 36.4 Å². The molecule has 0 radical (unpaired) electrons. The molecule has 0 bridgehead atoms. The van der Waals surface area contributed by atoms with E-state index in [9.17, 15) is 4.39 Å². The van der Waals surface area contributed by atoms with Crippen molar-refractivity contribution in [2.75, 3.05) is 0 Å². The fourth-order valence-electron chi connectivity index (χ4n) is 2.19. The molecule has 0 nitrogen and oxygen atoms in total. The Hall–Kier alpha value is -1.08. The van der Waals surface area contributed by atoms with Crippen LogP contribution in [-0.4, -0.2) is 0 Å². The second-order valence-corrected chi connectivity index (χ2v) is 5.65. The van der Waals surface area contributed by atoms with Gasteiger partial charge >= 0.3 is 0 Å². The van der Waals surface area contributed by atoms with Crippen molar-refractivity contribution in [3.8, 4) is 0 Å². The highest BCUT2D eigenvalue weighted by Gasteiger charge is 2.13. The third kappa shape index (κ3) is 2.84. The number of halogens is 2. The Morgan fingerprint density at radius 2 is 1.67 bits per heavy atom. The maximum Gasteiger partial charge on any atom is 0.131 e. The van der Waals surface area contributed by atoms with Crippen molar-refractivity contribution in [2.24, 2.45) is 5.92 Å². The first-order valence-electron chi connectivity index (χ1n) is 6.41. The van der Waals surface area contributed by atoms with Gasteiger partial charge in [0, 0.05) is 5.39 Å². The molecule has 0 aromatic heterocycles. The second-order valence-electron chi connectivity index (χ2n) is 5.12. The van der Waals surface area contributed by atoms with E-state index in [4.69, 9.17) is 11.6 Å². The number of alkyl halides is 1. The Labute approximate surface area is 113 Å². The molecule has 1 atom stereocenters. The molecule has 2 heteroatoms. The van der Waals surface area contributed by atoms with Crippen LogP contribution in [-0.2, 0) is 0 Å². The van der Waals surface area contributed by atoms with E-state index in [2.05, 4.69) is 13.8 Å². The normalized spacial score (nSPS) is 13.2. The van der Waals surface area contributed by atoms with E-state index in [0.717, 1.165) is 23.8 Å². The van der Waals surface area contributed by atoms with Crippen LogP contribution in [0.25, 0.3) is 10.8 Å². The molecule has 18 heavy (non-hydrogen) atoms. The molecule has 0 heterocycles. The topological polar surface area (TPSA) is 0 Å². The fraction of sp³-hybridized carbons (Fsp3) is 0.375. The van der Waals surface area contributed by atoms with Crippen molar-refractivity contribution in [1.82, 2.24) is 0 Å². The van der Waals surface area contributed by atoms with Gasteiger partial charge in [0.05, 0.1) is 5.38 Å². The van der Waals surface area contributed by atoms with Gasteiger partial charge in [0.1, 0.15) is 5.82 Å². The van der Waals surface area contributed by atoms with Crippen LogP contribution in [0.1, 0.15) is 37.6 Å². The number of benzene rings is 2. The lowest BCUT2D eigenvalue weighted by Gasteiger charge is -2.14. The predicted molar refractivity (Wildman–Crippen MR) is 76.6 cm³/mol. The molecule has 0 saturated heterocycles. The molecule has 1 unspecified atom stereocenters. The van der Waals surface area contributed by atoms with Crippen LogP contribution < -0.4 is 0 Å². The molecule has 0 spiro atoms. The van der Waals surface area contributed by atoms with Gasteiger partial charge in [-0.3, -0.25) is 0 Å². The lowest BCUT2D eigenvalue weighted by molar-refractivity contribution is 0.549. The summed E-state index contributed by atoms with van der Waals surface area (Å²) in [6.45, 7) is 4.37. The predicted octanol–water partition coefficient (Wildman–Crippen LogP) is 5.70. The zero-order chi connectivity index (χ0) is 13.1. The summed E-state index contributed by atoms with van der Waals surface area (Å²) in [4.78, 5) is 0. The summed E-state index contributed by atoms with van der Waals surface area (Å²) in [6, 6.07) is 10.9. The Morgan fingerprint density at radius 1 is 1.00 bits per heavy atom. The molecule has 2 aromatic rings. The summed E-state index contributed by atoms with van der Waals surface area (Å²) in [5.74, 6) is 0.458. The summed E-state index contributed by atoms with van der Waals surface area (Å²) in [6.07, 6.45) is 2.01. The second kappa shape index (κ2) is 5.71. The molecule has 0 saturated carbocycles. The van der Waals surface area contributed by atoms with Crippen LogP contribution in [0.4, 0.5) is 4.39 Å². The van der Waals surface area contributed by atoms with Crippen molar-refractivity contribution in [3.63, 3.8) is 0 Å². The van der Waals surface area contributed by atoms with Crippen LogP contribution in [0.3, 0.4) is 0 Å². The summed E-state index contributed by atoms with van der Waals surface area (Å²) in [5, 5.41) is 1.55. The maximum absolute atomic E-state index is 13.7. The molecule has 2 rings (SSSR count). The van der Waals surface area contributed by atoms with E-state index in [1.807, 2.05) is 24.3 Å². The molecule has 96 valence electrons. The van der Waals surface area contributed by atoms with E-state index in [-0.39, 0.29) is 11.2 Å². The van der Waals surface area contributed by atoms with Gasteiger partial charge in [0.2, 0.25) is 0 Å². The Balaban J connectivity index is 2.36.